The molecule has 38 heavy (non-hydrogen) atoms. The number of amides is 2. The van der Waals surface area contributed by atoms with E-state index in [0.29, 0.717) is 15.8 Å². The molecule has 0 aliphatic carbocycles. The molecule has 0 radical (unpaired) electrons. The molecule has 10 heteroatoms. The molecular weight excluding hydrogens is 554 g/mol. The Morgan fingerprint density at radius 2 is 1.76 bits per heavy atom. The largest absolute Gasteiger partial charge is 0.496 e. The molecule has 190 valence electrons. The number of Topliss-reactive ketones (excluding diaryl/α,β-unsaturated/α-hetero) is 1. The molecule has 3 aromatic carbocycles. The Kier molecular flexibility index (Phi) is 5.64. The highest BCUT2D eigenvalue weighted by atomic mass is 79.9. The predicted octanol–water partition coefficient (Wildman–Crippen LogP) is 4.64. The lowest BCUT2D eigenvalue weighted by molar-refractivity contribution is -0.384. The van der Waals surface area contributed by atoms with Crippen molar-refractivity contribution in [3.05, 3.63) is 98.5 Å². The van der Waals surface area contributed by atoms with Crippen molar-refractivity contribution in [2.24, 2.45) is 11.8 Å². The minimum absolute atomic E-state index is 0.119. The molecule has 9 nitrogen and oxygen atoms in total. The standard InChI is InChI=1S/C28H20BrN3O6/c1-38-22-12-10-16(13-19(22)29)26(33)25-24-23(21-11-9-15-5-2-3-8-20(15)31(21)25)27(34)30(28(24)35)17-6-4-7-18(14-17)32(36)37/h2-14,21,23-25H,1H3. The number of anilines is 2. The van der Waals surface area contributed by atoms with E-state index in [1.54, 1.807) is 18.2 Å². The number of halogens is 1. The van der Waals surface area contributed by atoms with Crippen LogP contribution < -0.4 is 14.5 Å². The van der Waals surface area contributed by atoms with Crippen molar-refractivity contribution in [3.63, 3.8) is 0 Å². The smallest absolute Gasteiger partial charge is 0.271 e. The van der Waals surface area contributed by atoms with Crippen molar-refractivity contribution in [2.75, 3.05) is 16.9 Å². The Hall–Kier alpha value is -4.31. The zero-order chi connectivity index (χ0) is 26.7. The third-order valence-corrected chi connectivity index (χ3v) is 8.04. The van der Waals surface area contributed by atoms with Crippen molar-refractivity contribution >= 4 is 56.7 Å². The fourth-order valence-electron chi connectivity index (χ4n) is 5.80. The number of non-ortho nitro benzene ring substituents is 1. The number of hydrogen-bond acceptors (Lipinski definition) is 7. The van der Waals surface area contributed by atoms with Crippen molar-refractivity contribution in [1.82, 2.24) is 0 Å². The third-order valence-electron chi connectivity index (χ3n) is 7.42. The zero-order valence-electron chi connectivity index (χ0n) is 20.0. The van der Waals surface area contributed by atoms with Gasteiger partial charge in [0.1, 0.15) is 11.8 Å². The van der Waals surface area contributed by atoms with Crippen LogP contribution >= 0.6 is 15.9 Å². The second-order valence-electron chi connectivity index (χ2n) is 9.31. The summed E-state index contributed by atoms with van der Waals surface area (Å²) < 4.78 is 5.88. The normalized spacial score (nSPS) is 23.2. The van der Waals surface area contributed by atoms with Gasteiger partial charge in [0, 0.05) is 23.4 Å². The van der Waals surface area contributed by atoms with Gasteiger partial charge in [0.15, 0.2) is 5.78 Å². The number of para-hydroxylation sites is 1. The van der Waals surface area contributed by atoms with Gasteiger partial charge in [-0.3, -0.25) is 24.5 Å². The number of rotatable bonds is 5. The molecule has 0 bridgehead atoms. The van der Waals surface area contributed by atoms with Gasteiger partial charge in [0.2, 0.25) is 11.8 Å². The highest BCUT2D eigenvalue weighted by molar-refractivity contribution is 9.10. The van der Waals surface area contributed by atoms with E-state index >= 15 is 0 Å². The second-order valence-corrected chi connectivity index (χ2v) is 10.2. The fraction of sp³-hybridized carbons (Fsp3) is 0.179. The first-order valence-electron chi connectivity index (χ1n) is 11.9. The summed E-state index contributed by atoms with van der Waals surface area (Å²) in [6.45, 7) is 0. The van der Waals surface area contributed by atoms with Crippen LogP contribution in [0.1, 0.15) is 15.9 Å². The van der Waals surface area contributed by atoms with E-state index in [1.807, 2.05) is 41.3 Å². The summed E-state index contributed by atoms with van der Waals surface area (Å²) in [4.78, 5) is 55.6. The SMILES string of the molecule is COc1ccc(C(=O)C2C3C(=O)N(c4cccc([N+](=O)[O-])c4)C(=O)C3C3C=Cc4ccccc4N32)cc1Br. The van der Waals surface area contributed by atoms with Crippen LogP contribution in [0.4, 0.5) is 17.1 Å². The van der Waals surface area contributed by atoms with E-state index in [2.05, 4.69) is 15.9 Å². The molecule has 3 aliphatic rings. The molecule has 0 aromatic heterocycles. The number of carbonyl (C=O) groups is 3. The second kappa shape index (κ2) is 8.91. The van der Waals surface area contributed by atoms with Crippen LogP contribution in [0.2, 0.25) is 0 Å². The molecule has 0 spiro atoms. The molecule has 0 N–H and O–H groups in total. The van der Waals surface area contributed by atoms with Crippen molar-refractivity contribution in [1.29, 1.82) is 0 Å². The Morgan fingerprint density at radius 3 is 2.50 bits per heavy atom. The summed E-state index contributed by atoms with van der Waals surface area (Å²) in [5.74, 6) is -2.59. The first-order chi connectivity index (χ1) is 18.3. The minimum atomic E-state index is -0.976. The molecule has 3 aliphatic heterocycles. The number of carbonyl (C=O) groups excluding carboxylic acids is 3. The molecule has 3 aromatic rings. The number of imide groups is 1. The van der Waals surface area contributed by atoms with Crippen molar-refractivity contribution < 1.29 is 24.0 Å². The maximum Gasteiger partial charge on any atom is 0.271 e. The first kappa shape index (κ1) is 24.1. The molecule has 4 atom stereocenters. The Labute approximate surface area is 225 Å². The quantitative estimate of drug-likeness (QED) is 0.189. The van der Waals surface area contributed by atoms with Crippen molar-refractivity contribution in [2.45, 2.75) is 12.1 Å². The van der Waals surface area contributed by atoms with E-state index in [0.717, 1.165) is 16.2 Å². The van der Waals surface area contributed by atoms with Crippen LogP contribution in [0.25, 0.3) is 6.08 Å². The minimum Gasteiger partial charge on any atom is -0.496 e. The molecular formula is C28H20BrN3O6. The summed E-state index contributed by atoms with van der Waals surface area (Å²) in [5.41, 5.74) is 1.90. The van der Waals surface area contributed by atoms with Gasteiger partial charge in [0.25, 0.3) is 5.69 Å². The van der Waals surface area contributed by atoms with E-state index in [9.17, 15) is 24.5 Å². The molecule has 2 amide bonds. The van der Waals surface area contributed by atoms with Crippen LogP contribution in [-0.4, -0.2) is 41.7 Å². The van der Waals surface area contributed by atoms with Crippen molar-refractivity contribution in [3.8, 4) is 5.75 Å². The number of fused-ring (bicyclic) bond motifs is 5. The lowest BCUT2D eigenvalue weighted by Gasteiger charge is -2.36. The summed E-state index contributed by atoms with van der Waals surface area (Å²) in [6, 6.07) is 16.4. The third kappa shape index (κ3) is 3.47. The highest BCUT2D eigenvalue weighted by Gasteiger charge is 2.64. The van der Waals surface area contributed by atoms with Gasteiger partial charge in [-0.25, -0.2) is 4.90 Å². The monoisotopic (exact) mass is 573 g/mol. The highest BCUT2D eigenvalue weighted by Crippen LogP contribution is 2.50. The molecule has 2 fully saturated rings. The Balaban J connectivity index is 1.48. The van der Waals surface area contributed by atoms with Crippen LogP contribution in [0, 0.1) is 22.0 Å². The maximum atomic E-state index is 14.1. The summed E-state index contributed by atoms with van der Waals surface area (Å²) in [6.07, 6.45) is 3.76. The zero-order valence-corrected chi connectivity index (χ0v) is 21.6. The summed E-state index contributed by atoms with van der Waals surface area (Å²) in [7, 11) is 1.52. The summed E-state index contributed by atoms with van der Waals surface area (Å²) >= 11 is 3.43. The fourth-order valence-corrected chi connectivity index (χ4v) is 6.34. The topological polar surface area (TPSA) is 110 Å². The van der Waals surface area contributed by atoms with Gasteiger partial charge in [0.05, 0.1) is 40.1 Å². The average molecular weight is 574 g/mol. The number of nitro groups is 1. The molecule has 6 rings (SSSR count). The predicted molar refractivity (Wildman–Crippen MR) is 143 cm³/mol. The van der Waals surface area contributed by atoms with Crippen LogP contribution in [-0.2, 0) is 9.59 Å². The van der Waals surface area contributed by atoms with Gasteiger partial charge in [-0.2, -0.15) is 0 Å². The lowest BCUT2D eigenvalue weighted by Crippen LogP contribution is -2.48. The molecule has 3 heterocycles. The number of ether oxygens (including phenoxy) is 1. The first-order valence-corrected chi connectivity index (χ1v) is 12.7. The average Bonchev–Trinajstić information content (AvgIpc) is 3.40. The lowest BCUT2D eigenvalue weighted by atomic mass is 9.86. The van der Waals surface area contributed by atoms with E-state index in [4.69, 9.17) is 4.74 Å². The number of methoxy groups -OCH3 is 1. The van der Waals surface area contributed by atoms with Gasteiger partial charge >= 0.3 is 0 Å². The van der Waals surface area contributed by atoms with Crippen LogP contribution in [0.3, 0.4) is 0 Å². The van der Waals surface area contributed by atoms with Gasteiger partial charge < -0.3 is 9.64 Å². The van der Waals surface area contributed by atoms with E-state index < -0.39 is 40.7 Å². The number of benzene rings is 3. The number of nitro benzene ring substituents is 1. The molecule has 4 unspecified atom stereocenters. The molecule has 0 saturated carbocycles. The number of hydrogen-bond donors (Lipinski definition) is 0. The van der Waals surface area contributed by atoms with E-state index in [1.165, 1.54) is 31.4 Å². The van der Waals surface area contributed by atoms with Crippen LogP contribution in [0.5, 0.6) is 5.75 Å². The van der Waals surface area contributed by atoms with Gasteiger partial charge in [-0.05, 0) is 51.8 Å². The Bertz CT molecular complexity index is 1570. The van der Waals surface area contributed by atoms with Gasteiger partial charge in [-0.15, -0.1) is 0 Å². The molecule has 2 saturated heterocycles. The maximum absolute atomic E-state index is 14.1. The Morgan fingerprint density at radius 1 is 1.00 bits per heavy atom. The van der Waals surface area contributed by atoms with Gasteiger partial charge in [-0.1, -0.05) is 36.4 Å². The summed E-state index contributed by atoms with van der Waals surface area (Å²) in [5, 5.41) is 11.3. The van der Waals surface area contributed by atoms with E-state index in [-0.39, 0.29) is 17.2 Å². The number of nitrogens with zero attached hydrogens (tertiary/aromatic N) is 3. The van der Waals surface area contributed by atoms with Crippen LogP contribution in [0.15, 0.2) is 77.3 Å². The number of ketones is 1.